The molecule has 0 fully saturated rings. The molecule has 0 saturated heterocycles. The quantitative estimate of drug-likeness (QED) is 0.582. The van der Waals surface area contributed by atoms with E-state index in [1.54, 1.807) is 23.5 Å². The van der Waals surface area contributed by atoms with E-state index < -0.39 is 0 Å². The summed E-state index contributed by atoms with van der Waals surface area (Å²) in [4.78, 5) is 16.8. The first kappa shape index (κ1) is 17.2. The van der Waals surface area contributed by atoms with Crippen LogP contribution in [0.15, 0.2) is 36.4 Å². The Bertz CT molecular complexity index is 872. The highest BCUT2D eigenvalue weighted by Crippen LogP contribution is 2.40. The summed E-state index contributed by atoms with van der Waals surface area (Å²) in [6.07, 6.45) is 0.429. The predicted molar refractivity (Wildman–Crippen MR) is 103 cm³/mol. The van der Waals surface area contributed by atoms with E-state index in [1.165, 1.54) is 0 Å². The molecule has 124 valence electrons. The van der Waals surface area contributed by atoms with Crippen molar-refractivity contribution in [2.75, 3.05) is 5.32 Å². The summed E-state index contributed by atoms with van der Waals surface area (Å²) >= 11 is 14.1. The van der Waals surface area contributed by atoms with Gasteiger partial charge < -0.3 is 5.32 Å². The van der Waals surface area contributed by atoms with Crippen molar-refractivity contribution in [3.05, 3.63) is 46.4 Å². The Labute approximate surface area is 154 Å². The Morgan fingerprint density at radius 2 is 2.00 bits per heavy atom. The Kier molecular flexibility index (Phi) is 5.09. The zero-order valence-electron chi connectivity index (χ0n) is 13.3. The topological polar surface area (TPSA) is 42.0 Å². The number of anilines is 1. The molecule has 1 N–H and O–H groups in total. The lowest BCUT2D eigenvalue weighted by Gasteiger charge is -2.13. The number of hydrogen-bond acceptors (Lipinski definition) is 3. The number of carbonyl (C=O) groups is 1. The Hall–Kier alpha value is -1.62. The third-order valence-electron chi connectivity index (χ3n) is 3.44. The molecule has 0 aliphatic heterocycles. The first-order chi connectivity index (χ1) is 11.4. The summed E-state index contributed by atoms with van der Waals surface area (Å²) in [5, 5.41) is 4.62. The van der Waals surface area contributed by atoms with Crippen LogP contribution in [-0.2, 0) is 4.79 Å². The van der Waals surface area contributed by atoms with Crippen molar-refractivity contribution in [3.63, 3.8) is 0 Å². The number of fused-ring (bicyclic) bond motifs is 1. The molecule has 0 radical (unpaired) electrons. The molecule has 1 aromatic heterocycles. The number of carbonyl (C=O) groups excluding carboxylic acids is 1. The highest BCUT2D eigenvalue weighted by molar-refractivity contribution is 7.21. The molecule has 0 aliphatic carbocycles. The lowest BCUT2D eigenvalue weighted by Crippen LogP contribution is -2.14. The zero-order chi connectivity index (χ0) is 17.3. The van der Waals surface area contributed by atoms with Gasteiger partial charge in [0, 0.05) is 17.0 Å². The van der Waals surface area contributed by atoms with E-state index in [-0.39, 0.29) is 11.8 Å². The number of aromatic nitrogens is 1. The number of benzene rings is 2. The van der Waals surface area contributed by atoms with Gasteiger partial charge in [0.25, 0.3) is 0 Å². The molecule has 0 saturated carbocycles. The SMILES string of the molecule is CC(C)CC(=O)Nc1c(Cl)cc(Cl)cc1-c1nc2ccccc2s1. The summed E-state index contributed by atoms with van der Waals surface area (Å²) in [5.74, 6) is 0.193. The fourth-order valence-corrected chi connectivity index (χ4v) is 3.95. The number of nitrogens with one attached hydrogen (secondary N) is 1. The van der Waals surface area contributed by atoms with Crippen LogP contribution in [0.1, 0.15) is 20.3 Å². The molecule has 2 aromatic carbocycles. The van der Waals surface area contributed by atoms with Crippen LogP contribution in [0.4, 0.5) is 5.69 Å². The summed E-state index contributed by atoms with van der Waals surface area (Å²) < 4.78 is 1.07. The van der Waals surface area contributed by atoms with Gasteiger partial charge in [0.2, 0.25) is 5.91 Å². The molecule has 0 bridgehead atoms. The van der Waals surface area contributed by atoms with Gasteiger partial charge in [0.1, 0.15) is 5.01 Å². The monoisotopic (exact) mass is 378 g/mol. The third-order valence-corrected chi connectivity index (χ3v) is 5.02. The molecular weight excluding hydrogens is 363 g/mol. The molecule has 0 aliphatic rings. The van der Waals surface area contributed by atoms with Crippen molar-refractivity contribution in [1.82, 2.24) is 4.98 Å². The van der Waals surface area contributed by atoms with Gasteiger partial charge in [-0.15, -0.1) is 11.3 Å². The molecule has 0 spiro atoms. The van der Waals surface area contributed by atoms with Crippen LogP contribution in [0.25, 0.3) is 20.8 Å². The van der Waals surface area contributed by atoms with Crippen LogP contribution in [-0.4, -0.2) is 10.9 Å². The molecule has 6 heteroatoms. The van der Waals surface area contributed by atoms with Crippen molar-refractivity contribution in [1.29, 1.82) is 0 Å². The molecule has 1 amide bonds. The predicted octanol–water partition coefficient (Wildman–Crippen LogP) is 6.25. The van der Waals surface area contributed by atoms with E-state index >= 15 is 0 Å². The highest BCUT2D eigenvalue weighted by Gasteiger charge is 2.17. The number of rotatable bonds is 4. The van der Waals surface area contributed by atoms with Crippen molar-refractivity contribution < 1.29 is 4.79 Å². The van der Waals surface area contributed by atoms with Crippen molar-refractivity contribution in [2.24, 2.45) is 5.92 Å². The maximum atomic E-state index is 12.2. The number of para-hydroxylation sites is 1. The van der Waals surface area contributed by atoms with Crippen LogP contribution in [0.2, 0.25) is 10.0 Å². The van der Waals surface area contributed by atoms with E-state index in [0.29, 0.717) is 22.2 Å². The van der Waals surface area contributed by atoms with Gasteiger partial charge in [-0.25, -0.2) is 4.98 Å². The molecule has 0 atom stereocenters. The van der Waals surface area contributed by atoms with E-state index in [4.69, 9.17) is 23.2 Å². The van der Waals surface area contributed by atoms with Gasteiger partial charge in [-0.1, -0.05) is 49.2 Å². The molecule has 3 aromatic rings. The summed E-state index contributed by atoms with van der Waals surface area (Å²) in [7, 11) is 0. The van der Waals surface area contributed by atoms with Gasteiger partial charge in [0.15, 0.2) is 0 Å². The van der Waals surface area contributed by atoms with Gasteiger partial charge in [0.05, 0.1) is 20.9 Å². The lowest BCUT2D eigenvalue weighted by molar-refractivity contribution is -0.116. The minimum atomic E-state index is -0.0726. The average Bonchev–Trinajstić information content (AvgIpc) is 2.92. The van der Waals surface area contributed by atoms with Gasteiger partial charge in [-0.3, -0.25) is 4.79 Å². The standard InChI is InChI=1S/C18H16Cl2N2OS/c1-10(2)7-16(23)22-17-12(8-11(19)9-13(17)20)18-21-14-5-3-4-6-15(14)24-18/h3-6,8-10H,7H2,1-2H3,(H,22,23). The van der Waals surface area contributed by atoms with Gasteiger partial charge in [-0.05, 0) is 30.2 Å². The second-order valence-electron chi connectivity index (χ2n) is 5.94. The minimum absolute atomic E-state index is 0.0726. The summed E-state index contributed by atoms with van der Waals surface area (Å²) in [5.41, 5.74) is 2.21. The Morgan fingerprint density at radius 1 is 1.25 bits per heavy atom. The molecule has 3 rings (SSSR count). The zero-order valence-corrected chi connectivity index (χ0v) is 15.6. The molecular formula is C18H16Cl2N2OS. The van der Waals surface area contributed by atoms with Crippen LogP contribution in [0.3, 0.4) is 0 Å². The van der Waals surface area contributed by atoms with E-state index in [9.17, 15) is 4.79 Å². The maximum Gasteiger partial charge on any atom is 0.224 e. The maximum absolute atomic E-state index is 12.2. The van der Waals surface area contributed by atoms with Crippen LogP contribution in [0, 0.1) is 5.92 Å². The van der Waals surface area contributed by atoms with Crippen LogP contribution >= 0.6 is 34.5 Å². The lowest BCUT2D eigenvalue weighted by atomic mass is 10.1. The van der Waals surface area contributed by atoms with Crippen molar-refractivity contribution >= 4 is 56.3 Å². The molecule has 3 nitrogen and oxygen atoms in total. The van der Waals surface area contributed by atoms with Gasteiger partial charge >= 0.3 is 0 Å². The highest BCUT2D eigenvalue weighted by atomic mass is 35.5. The van der Waals surface area contributed by atoms with Crippen LogP contribution in [0.5, 0.6) is 0 Å². The fourth-order valence-electron chi connectivity index (χ4n) is 2.42. The fraction of sp³-hybridized carbons (Fsp3) is 0.222. The second-order valence-corrected chi connectivity index (χ2v) is 7.82. The summed E-state index contributed by atoms with van der Waals surface area (Å²) in [6.45, 7) is 4.00. The average molecular weight is 379 g/mol. The smallest absolute Gasteiger partial charge is 0.224 e. The number of thiazole rings is 1. The molecule has 1 heterocycles. The van der Waals surface area contributed by atoms with Gasteiger partial charge in [-0.2, -0.15) is 0 Å². The van der Waals surface area contributed by atoms with E-state index in [2.05, 4.69) is 10.3 Å². The number of amides is 1. The minimum Gasteiger partial charge on any atom is -0.324 e. The number of hydrogen-bond donors (Lipinski definition) is 1. The number of nitrogens with zero attached hydrogens (tertiary/aromatic N) is 1. The Morgan fingerprint density at radius 3 is 2.71 bits per heavy atom. The second kappa shape index (κ2) is 7.09. The van der Waals surface area contributed by atoms with Crippen molar-refractivity contribution in [2.45, 2.75) is 20.3 Å². The number of halogens is 2. The largest absolute Gasteiger partial charge is 0.324 e. The first-order valence-corrected chi connectivity index (χ1v) is 9.16. The summed E-state index contributed by atoms with van der Waals surface area (Å²) in [6, 6.07) is 11.3. The van der Waals surface area contributed by atoms with E-state index in [0.717, 1.165) is 20.8 Å². The van der Waals surface area contributed by atoms with Crippen LogP contribution < -0.4 is 5.32 Å². The Balaban J connectivity index is 2.07. The first-order valence-electron chi connectivity index (χ1n) is 7.59. The normalized spacial score (nSPS) is 11.2. The van der Waals surface area contributed by atoms with Crippen molar-refractivity contribution in [3.8, 4) is 10.6 Å². The molecule has 24 heavy (non-hydrogen) atoms. The van der Waals surface area contributed by atoms with E-state index in [1.807, 2.05) is 38.1 Å². The third kappa shape index (κ3) is 3.72. The molecule has 0 unspecified atom stereocenters.